The molecule has 1 fully saturated rings. The van der Waals surface area contributed by atoms with Crippen LogP contribution in [0.2, 0.25) is 0 Å². The zero-order valence-corrected chi connectivity index (χ0v) is 16.6. The van der Waals surface area contributed by atoms with Crippen molar-refractivity contribution in [1.82, 2.24) is 9.62 Å². The Kier molecular flexibility index (Phi) is 7.87. The van der Waals surface area contributed by atoms with E-state index in [-0.39, 0.29) is 30.3 Å². The zero-order valence-electron chi connectivity index (χ0n) is 15.0. The van der Waals surface area contributed by atoms with Crippen LogP contribution < -0.4 is 11.1 Å². The first kappa shape index (κ1) is 21.9. The largest absolute Gasteiger partial charge is 0.352 e. The number of aryl methyl sites for hydroxylation is 2. The highest BCUT2D eigenvalue weighted by molar-refractivity contribution is 7.89. The van der Waals surface area contributed by atoms with E-state index in [1.54, 1.807) is 12.1 Å². The van der Waals surface area contributed by atoms with Crippen LogP contribution in [0.25, 0.3) is 0 Å². The highest BCUT2D eigenvalue weighted by Crippen LogP contribution is 2.25. The van der Waals surface area contributed by atoms with Gasteiger partial charge in [0.25, 0.3) is 0 Å². The number of nitrogens with two attached hydrogens (primary N) is 1. The van der Waals surface area contributed by atoms with Crippen LogP contribution in [0.5, 0.6) is 0 Å². The summed E-state index contributed by atoms with van der Waals surface area (Å²) in [6.45, 7) is 6.85. The predicted octanol–water partition coefficient (Wildman–Crippen LogP) is 1.59. The van der Waals surface area contributed by atoms with Gasteiger partial charge in [-0.05, 0) is 56.9 Å². The molecule has 25 heavy (non-hydrogen) atoms. The Bertz CT molecular complexity index is 701. The third kappa shape index (κ3) is 5.17. The fraction of sp³-hybridized carbons (Fsp3) is 0.588. The third-order valence-electron chi connectivity index (χ3n) is 4.68. The Labute approximate surface area is 156 Å². The van der Waals surface area contributed by atoms with Crippen molar-refractivity contribution >= 4 is 28.3 Å². The normalized spacial score (nSPS) is 17.6. The molecule has 3 N–H and O–H groups in total. The molecule has 6 nitrogen and oxygen atoms in total. The van der Waals surface area contributed by atoms with Crippen LogP contribution in [0.3, 0.4) is 0 Å². The van der Waals surface area contributed by atoms with Gasteiger partial charge < -0.3 is 11.1 Å². The average molecular weight is 390 g/mol. The van der Waals surface area contributed by atoms with Gasteiger partial charge in [-0.2, -0.15) is 4.31 Å². The number of nitrogens with one attached hydrogen (secondary N) is 1. The summed E-state index contributed by atoms with van der Waals surface area (Å²) < 4.78 is 27.0. The molecule has 0 radical (unpaired) electrons. The Morgan fingerprint density at radius 3 is 2.40 bits per heavy atom. The molecule has 1 aromatic carbocycles. The van der Waals surface area contributed by atoms with Crippen molar-refractivity contribution in [3.05, 3.63) is 29.3 Å². The Morgan fingerprint density at radius 1 is 1.28 bits per heavy atom. The number of rotatable bonds is 5. The summed E-state index contributed by atoms with van der Waals surface area (Å²) in [6.07, 6.45) is 1.07. The van der Waals surface area contributed by atoms with Crippen LogP contribution >= 0.6 is 12.4 Å². The summed E-state index contributed by atoms with van der Waals surface area (Å²) in [5.74, 6) is -0.179. The van der Waals surface area contributed by atoms with Crippen molar-refractivity contribution in [2.75, 3.05) is 19.6 Å². The number of sulfonamides is 1. The standard InChI is InChI=1S/C17H27N3O3S.ClH/c1-12-4-5-16(10-13(12)2)24(22,23)20-8-6-15(7-9-20)17(21)19-14(3)11-18;/h4-5,10,14-15H,6-9,11,18H2,1-3H3,(H,19,21);1H/t14-;/m0./s1. The van der Waals surface area contributed by atoms with Gasteiger partial charge in [0.05, 0.1) is 4.90 Å². The number of benzene rings is 1. The first-order chi connectivity index (χ1) is 11.3. The van der Waals surface area contributed by atoms with E-state index < -0.39 is 10.0 Å². The summed E-state index contributed by atoms with van der Waals surface area (Å²) in [6, 6.07) is 5.14. The lowest BCUT2D eigenvalue weighted by Gasteiger charge is -2.31. The molecule has 1 aliphatic heterocycles. The molecule has 1 aromatic rings. The van der Waals surface area contributed by atoms with Gasteiger partial charge >= 0.3 is 0 Å². The monoisotopic (exact) mass is 389 g/mol. The summed E-state index contributed by atoms with van der Waals surface area (Å²) in [7, 11) is -3.50. The number of amides is 1. The SMILES string of the molecule is Cc1ccc(S(=O)(=O)N2CCC(C(=O)N[C@@H](C)CN)CC2)cc1C.Cl. The molecule has 1 heterocycles. The molecule has 1 saturated heterocycles. The quantitative estimate of drug-likeness (QED) is 0.799. The number of carbonyl (C=O) groups is 1. The number of piperidine rings is 1. The molecule has 0 aliphatic carbocycles. The minimum Gasteiger partial charge on any atom is -0.352 e. The van der Waals surface area contributed by atoms with Gasteiger partial charge in [-0.1, -0.05) is 6.07 Å². The lowest BCUT2D eigenvalue weighted by molar-refractivity contribution is -0.126. The van der Waals surface area contributed by atoms with E-state index in [2.05, 4.69) is 5.32 Å². The molecule has 1 aliphatic rings. The van der Waals surface area contributed by atoms with Gasteiger partial charge in [0.1, 0.15) is 0 Å². The maximum absolute atomic E-state index is 12.8. The van der Waals surface area contributed by atoms with Gasteiger partial charge in [-0.25, -0.2) is 8.42 Å². The molecule has 1 atom stereocenters. The van der Waals surface area contributed by atoms with E-state index in [1.807, 2.05) is 26.8 Å². The van der Waals surface area contributed by atoms with Crippen LogP contribution in [-0.4, -0.2) is 44.3 Å². The van der Waals surface area contributed by atoms with E-state index >= 15 is 0 Å². The highest BCUT2D eigenvalue weighted by atomic mass is 35.5. The van der Waals surface area contributed by atoms with E-state index in [9.17, 15) is 13.2 Å². The molecular weight excluding hydrogens is 362 g/mol. The minimum atomic E-state index is -3.50. The number of halogens is 1. The van der Waals surface area contributed by atoms with E-state index in [0.717, 1.165) is 11.1 Å². The van der Waals surface area contributed by atoms with Crippen LogP contribution in [0.15, 0.2) is 23.1 Å². The smallest absolute Gasteiger partial charge is 0.243 e. The lowest BCUT2D eigenvalue weighted by atomic mass is 9.97. The molecule has 0 bridgehead atoms. The van der Waals surface area contributed by atoms with Gasteiger partial charge in [-0.15, -0.1) is 12.4 Å². The Hall–Kier alpha value is -1.15. The van der Waals surface area contributed by atoms with Crippen molar-refractivity contribution in [2.24, 2.45) is 11.7 Å². The van der Waals surface area contributed by atoms with Gasteiger partial charge in [0.2, 0.25) is 15.9 Å². The van der Waals surface area contributed by atoms with Crippen LogP contribution in [0.4, 0.5) is 0 Å². The number of hydrogen-bond donors (Lipinski definition) is 2. The average Bonchev–Trinajstić information content (AvgIpc) is 2.57. The maximum Gasteiger partial charge on any atom is 0.243 e. The second-order valence-corrected chi connectivity index (χ2v) is 8.51. The number of hydrogen-bond acceptors (Lipinski definition) is 4. The molecule has 142 valence electrons. The second kappa shape index (κ2) is 8.98. The fourth-order valence-electron chi connectivity index (χ4n) is 2.80. The molecule has 1 amide bonds. The van der Waals surface area contributed by atoms with Crippen LogP contribution in [0.1, 0.15) is 30.9 Å². The van der Waals surface area contributed by atoms with Crippen molar-refractivity contribution < 1.29 is 13.2 Å². The molecule has 2 rings (SSSR count). The third-order valence-corrected chi connectivity index (χ3v) is 6.58. The fourth-order valence-corrected chi connectivity index (χ4v) is 4.36. The van der Waals surface area contributed by atoms with Crippen molar-refractivity contribution in [1.29, 1.82) is 0 Å². The maximum atomic E-state index is 12.8. The summed E-state index contributed by atoms with van der Waals surface area (Å²) in [4.78, 5) is 12.5. The van der Waals surface area contributed by atoms with Crippen LogP contribution in [-0.2, 0) is 14.8 Å². The topological polar surface area (TPSA) is 92.5 Å². The highest BCUT2D eigenvalue weighted by Gasteiger charge is 2.32. The van der Waals surface area contributed by atoms with Crippen molar-refractivity contribution in [2.45, 2.75) is 44.6 Å². The van der Waals surface area contributed by atoms with Crippen molar-refractivity contribution in [3.63, 3.8) is 0 Å². The summed E-state index contributed by atoms with van der Waals surface area (Å²) in [5.41, 5.74) is 7.54. The van der Waals surface area contributed by atoms with E-state index in [0.29, 0.717) is 37.4 Å². The Morgan fingerprint density at radius 2 is 1.88 bits per heavy atom. The Balaban J connectivity index is 0.00000312. The molecular formula is C17H28ClN3O3S. The first-order valence-corrected chi connectivity index (χ1v) is 9.77. The van der Waals surface area contributed by atoms with Gasteiger partial charge in [-0.3, -0.25) is 4.79 Å². The van der Waals surface area contributed by atoms with Crippen LogP contribution in [0, 0.1) is 19.8 Å². The number of nitrogens with zero attached hydrogens (tertiary/aromatic N) is 1. The second-order valence-electron chi connectivity index (χ2n) is 6.57. The zero-order chi connectivity index (χ0) is 17.9. The van der Waals surface area contributed by atoms with E-state index in [1.165, 1.54) is 4.31 Å². The molecule has 8 heteroatoms. The molecule has 0 unspecified atom stereocenters. The summed E-state index contributed by atoms with van der Waals surface area (Å²) in [5, 5.41) is 2.87. The molecule has 0 saturated carbocycles. The molecule has 0 aromatic heterocycles. The summed E-state index contributed by atoms with van der Waals surface area (Å²) >= 11 is 0. The number of carbonyl (C=O) groups excluding carboxylic acids is 1. The van der Waals surface area contributed by atoms with Gasteiger partial charge in [0, 0.05) is 31.6 Å². The van der Waals surface area contributed by atoms with E-state index in [4.69, 9.17) is 5.73 Å². The lowest BCUT2D eigenvalue weighted by Crippen LogP contribution is -2.46. The van der Waals surface area contributed by atoms with Gasteiger partial charge in [0.15, 0.2) is 0 Å². The minimum absolute atomic E-state index is 0. The van der Waals surface area contributed by atoms with Crippen molar-refractivity contribution in [3.8, 4) is 0 Å². The molecule has 0 spiro atoms. The predicted molar refractivity (Wildman–Crippen MR) is 101 cm³/mol. The first-order valence-electron chi connectivity index (χ1n) is 8.33.